The van der Waals surface area contributed by atoms with E-state index in [0.29, 0.717) is 30.4 Å². The second-order valence-corrected chi connectivity index (χ2v) is 8.74. The topological polar surface area (TPSA) is 173 Å². The first-order valence-electron chi connectivity index (χ1n) is 9.14. The zero-order valence-corrected chi connectivity index (χ0v) is 16.8. The molecule has 11 heteroatoms. The van der Waals surface area contributed by atoms with Crippen LogP contribution >= 0.6 is 0 Å². The molecule has 0 bridgehead atoms. The van der Waals surface area contributed by atoms with Gasteiger partial charge in [0.2, 0.25) is 16.4 Å². The van der Waals surface area contributed by atoms with E-state index in [0.717, 1.165) is 6.42 Å². The fourth-order valence-electron chi connectivity index (χ4n) is 3.37. The summed E-state index contributed by atoms with van der Waals surface area (Å²) in [6.07, 6.45) is 4.12. The lowest BCUT2D eigenvalue weighted by Gasteiger charge is -2.28. The monoisotopic (exact) mass is 420 g/mol. The van der Waals surface area contributed by atoms with E-state index >= 15 is 0 Å². The molecule has 1 unspecified atom stereocenters. The number of carbonyl (C=O) groups excluding carboxylic acids is 1. The number of H-pyrrole nitrogens is 1. The van der Waals surface area contributed by atoms with E-state index in [2.05, 4.69) is 26.6 Å². The number of anilines is 1. The van der Waals surface area contributed by atoms with E-state index in [-0.39, 0.29) is 40.5 Å². The minimum atomic E-state index is -4.11. The number of sulfonamides is 1. The molecular formula is C18H24N6O4S. The molecule has 0 radical (unpaired) electrons. The molecule has 1 aromatic heterocycles. The number of nitrogen functional groups attached to an aromatic ring is 1. The number of nitrogens with two attached hydrogens (primary N) is 2. The van der Waals surface area contributed by atoms with Gasteiger partial charge in [0.05, 0.1) is 6.04 Å². The van der Waals surface area contributed by atoms with Crippen molar-refractivity contribution in [3.8, 4) is 0 Å². The normalized spacial score (nSPS) is 20.2. The summed E-state index contributed by atoms with van der Waals surface area (Å²) >= 11 is 0. The van der Waals surface area contributed by atoms with Crippen LogP contribution in [0, 0.1) is 0 Å². The van der Waals surface area contributed by atoms with Gasteiger partial charge >= 0.3 is 0 Å². The number of aromatic nitrogens is 1. The number of amidine groups is 1. The smallest absolute Gasteiger partial charge is 0.272 e. The number of hydrogen-bond donors (Lipinski definition) is 5. The lowest BCUT2D eigenvalue weighted by atomic mass is 9.89. The lowest BCUT2D eigenvalue weighted by Crippen LogP contribution is -2.41. The summed E-state index contributed by atoms with van der Waals surface area (Å²) in [5.74, 6) is 0.0687. The van der Waals surface area contributed by atoms with Crippen molar-refractivity contribution in [1.82, 2.24) is 15.0 Å². The molecule has 2 aliphatic rings. The summed E-state index contributed by atoms with van der Waals surface area (Å²) in [5, 5.41) is 2.55. The van der Waals surface area contributed by atoms with E-state index < -0.39 is 21.3 Å². The molecule has 7 N–H and O–H groups in total. The van der Waals surface area contributed by atoms with Gasteiger partial charge in [-0.2, -0.15) is 0 Å². The Bertz CT molecular complexity index is 1080. The fraction of sp³-hybridized carbons (Fsp3) is 0.389. The van der Waals surface area contributed by atoms with E-state index in [1.54, 1.807) is 6.92 Å². The third kappa shape index (κ3) is 3.83. The van der Waals surface area contributed by atoms with Gasteiger partial charge in [0.25, 0.3) is 5.56 Å². The van der Waals surface area contributed by atoms with Gasteiger partial charge in [0.1, 0.15) is 16.4 Å². The highest BCUT2D eigenvalue weighted by molar-refractivity contribution is 7.89. The van der Waals surface area contributed by atoms with Gasteiger partial charge in [-0.15, -0.1) is 0 Å². The van der Waals surface area contributed by atoms with Crippen molar-refractivity contribution in [2.24, 2.45) is 10.7 Å². The molecule has 1 aliphatic heterocycles. The zero-order valence-electron chi connectivity index (χ0n) is 16.0. The Morgan fingerprint density at radius 1 is 1.38 bits per heavy atom. The molecule has 1 atom stereocenters. The van der Waals surface area contributed by atoms with Gasteiger partial charge in [-0.05, 0) is 30.9 Å². The number of aliphatic imine (C=N–C) groups is 1. The number of amides is 1. The molecule has 1 amide bonds. The highest BCUT2D eigenvalue weighted by Gasteiger charge is 2.33. The quantitative estimate of drug-likeness (QED) is 0.375. The summed E-state index contributed by atoms with van der Waals surface area (Å²) in [5.41, 5.74) is 12.3. The molecule has 1 saturated carbocycles. The number of nitrogens with zero attached hydrogens (tertiary/aromatic N) is 1. The maximum atomic E-state index is 13.1. The highest BCUT2D eigenvalue weighted by Crippen LogP contribution is 2.35. The Morgan fingerprint density at radius 3 is 2.66 bits per heavy atom. The van der Waals surface area contributed by atoms with Crippen LogP contribution in [0.4, 0.5) is 5.69 Å². The average Bonchev–Trinajstić information content (AvgIpc) is 2.62. The van der Waals surface area contributed by atoms with Crippen LogP contribution in [-0.4, -0.2) is 44.3 Å². The van der Waals surface area contributed by atoms with Gasteiger partial charge in [-0.25, -0.2) is 13.1 Å². The molecule has 0 saturated heterocycles. The number of hydrogen-bond acceptors (Lipinski definition) is 7. The van der Waals surface area contributed by atoms with Gasteiger partial charge in [-0.3, -0.25) is 14.6 Å². The third-order valence-electron chi connectivity index (χ3n) is 5.19. The van der Waals surface area contributed by atoms with Gasteiger partial charge in [0.15, 0.2) is 0 Å². The standard InChI is InChI=1S/C18H24N6O4S/c1-9-10(2)23-17(20)14(12(9)6-21-8-25)13-7-22-18(26)15(19)16(13)29(27,28)24-11-4-3-5-11/h7-8,10-11,24H,1,3-6,19H2,2H3,(H2,20,23)(H,21,25)(H,22,26). The minimum absolute atomic E-state index is 0.0623. The van der Waals surface area contributed by atoms with E-state index in [4.69, 9.17) is 11.5 Å². The molecule has 3 rings (SSSR count). The molecule has 1 fully saturated rings. The number of carbonyl (C=O) groups is 1. The number of nitrogens with one attached hydrogen (secondary N) is 3. The van der Waals surface area contributed by atoms with Crippen LogP contribution in [0.25, 0.3) is 5.57 Å². The van der Waals surface area contributed by atoms with E-state index in [9.17, 15) is 18.0 Å². The Hall–Kier alpha value is -2.92. The molecule has 2 heterocycles. The van der Waals surface area contributed by atoms with Crippen molar-refractivity contribution in [1.29, 1.82) is 0 Å². The van der Waals surface area contributed by atoms with Crippen LogP contribution in [-0.2, 0) is 14.8 Å². The molecule has 29 heavy (non-hydrogen) atoms. The summed E-state index contributed by atoms with van der Waals surface area (Å²) in [6.45, 7) is 5.84. The SMILES string of the molecule is C=C1C(CNC=O)=C(c2c[nH]c(=O)c(N)c2S(=O)(=O)NC2CCC2)C(N)=NC1C. The molecule has 0 spiro atoms. The second-order valence-electron chi connectivity index (χ2n) is 7.09. The largest absolute Gasteiger partial charge is 0.393 e. The minimum Gasteiger partial charge on any atom is -0.393 e. The van der Waals surface area contributed by atoms with Crippen LogP contribution in [0.2, 0.25) is 0 Å². The Balaban J connectivity index is 2.26. The van der Waals surface area contributed by atoms with Crippen LogP contribution in [0.1, 0.15) is 31.7 Å². The van der Waals surface area contributed by atoms with Crippen molar-refractivity contribution >= 4 is 33.5 Å². The molecule has 156 valence electrons. The zero-order chi connectivity index (χ0) is 21.3. The highest BCUT2D eigenvalue weighted by atomic mass is 32.2. The first-order valence-corrected chi connectivity index (χ1v) is 10.6. The fourth-order valence-corrected chi connectivity index (χ4v) is 5.00. The van der Waals surface area contributed by atoms with Gasteiger partial charge in [-0.1, -0.05) is 13.0 Å². The molecular weight excluding hydrogens is 396 g/mol. The van der Waals surface area contributed by atoms with E-state index in [1.807, 2.05) is 0 Å². The van der Waals surface area contributed by atoms with Crippen molar-refractivity contribution in [3.63, 3.8) is 0 Å². The van der Waals surface area contributed by atoms with Gasteiger partial charge in [0, 0.05) is 29.9 Å². The number of pyridine rings is 1. The van der Waals surface area contributed by atoms with Gasteiger partial charge < -0.3 is 21.8 Å². The summed E-state index contributed by atoms with van der Waals surface area (Å²) in [4.78, 5) is 29.4. The van der Waals surface area contributed by atoms with Crippen LogP contribution in [0.15, 0.2) is 38.6 Å². The second kappa shape index (κ2) is 7.84. The Labute approximate surface area is 168 Å². The predicted molar refractivity (Wildman–Crippen MR) is 111 cm³/mol. The third-order valence-corrected chi connectivity index (χ3v) is 6.81. The van der Waals surface area contributed by atoms with Crippen molar-refractivity contribution in [2.75, 3.05) is 12.3 Å². The van der Waals surface area contributed by atoms with E-state index in [1.165, 1.54) is 6.20 Å². The van der Waals surface area contributed by atoms with Crippen LogP contribution < -0.4 is 27.1 Å². The molecule has 0 aromatic carbocycles. The molecule has 1 aliphatic carbocycles. The number of rotatable bonds is 7. The van der Waals surface area contributed by atoms with Crippen LogP contribution in [0.3, 0.4) is 0 Å². The van der Waals surface area contributed by atoms with Crippen molar-refractivity contribution < 1.29 is 13.2 Å². The summed E-state index contributed by atoms with van der Waals surface area (Å²) in [6, 6.07) is -0.556. The van der Waals surface area contributed by atoms with Crippen molar-refractivity contribution in [2.45, 2.75) is 43.2 Å². The Kier molecular flexibility index (Phi) is 5.62. The van der Waals surface area contributed by atoms with Crippen molar-refractivity contribution in [3.05, 3.63) is 39.8 Å². The summed E-state index contributed by atoms with van der Waals surface area (Å²) < 4.78 is 28.8. The first-order chi connectivity index (χ1) is 13.7. The number of aromatic amines is 1. The summed E-state index contributed by atoms with van der Waals surface area (Å²) in [7, 11) is -4.11. The maximum Gasteiger partial charge on any atom is 0.272 e. The van der Waals surface area contributed by atoms with Crippen LogP contribution in [0.5, 0.6) is 0 Å². The first kappa shape index (κ1) is 20.8. The number of dihydropyridines is 1. The predicted octanol–water partition coefficient (Wildman–Crippen LogP) is -0.397. The Morgan fingerprint density at radius 2 is 2.07 bits per heavy atom. The maximum absolute atomic E-state index is 13.1. The molecule has 1 aromatic rings. The lowest BCUT2D eigenvalue weighted by molar-refractivity contribution is -0.109. The molecule has 10 nitrogen and oxygen atoms in total. The average molecular weight is 420 g/mol.